The van der Waals surface area contributed by atoms with E-state index in [2.05, 4.69) is 31.3 Å². The Bertz CT molecular complexity index is 939. The van der Waals surface area contributed by atoms with Crippen LogP contribution in [0.4, 0.5) is 0 Å². The van der Waals surface area contributed by atoms with Crippen molar-refractivity contribution >= 4 is 11.9 Å². The lowest BCUT2D eigenvalue weighted by Crippen LogP contribution is -2.45. The molecule has 63 heavy (non-hydrogen) atoms. The van der Waals surface area contributed by atoms with Crippen LogP contribution >= 0.6 is 0 Å². The minimum absolute atomic E-state index is 0.0244. The zero-order valence-electron chi connectivity index (χ0n) is 42.6. The fraction of sp³-hybridized carbons (Fsp3) is 0.930. The molecule has 2 atom stereocenters. The Morgan fingerprint density at radius 3 is 1.13 bits per heavy atom. The Kier molecular flexibility index (Phi) is 52.0. The highest BCUT2D eigenvalue weighted by atomic mass is 16.5. The van der Waals surface area contributed by atoms with Gasteiger partial charge in [0.15, 0.2) is 0 Å². The van der Waals surface area contributed by atoms with Gasteiger partial charge in [0.2, 0.25) is 5.91 Å². The van der Waals surface area contributed by atoms with Crippen LogP contribution in [-0.4, -0.2) is 47.4 Å². The van der Waals surface area contributed by atoms with E-state index < -0.39 is 12.1 Å². The lowest BCUT2D eigenvalue weighted by atomic mass is 10.0. The topological polar surface area (TPSA) is 95.9 Å². The van der Waals surface area contributed by atoms with E-state index in [9.17, 15) is 19.8 Å². The number of nitrogens with one attached hydrogen (secondary N) is 1. The molecule has 0 saturated heterocycles. The summed E-state index contributed by atoms with van der Waals surface area (Å²) in [6, 6.07) is -0.561. The monoisotopic (exact) mass is 890 g/mol. The van der Waals surface area contributed by atoms with Gasteiger partial charge in [0.05, 0.1) is 25.4 Å². The summed E-state index contributed by atoms with van der Waals surface area (Å²) in [5.41, 5.74) is 0. The first-order valence-corrected chi connectivity index (χ1v) is 28.4. The van der Waals surface area contributed by atoms with E-state index in [-0.39, 0.29) is 18.5 Å². The van der Waals surface area contributed by atoms with Crippen LogP contribution in [0.3, 0.4) is 0 Å². The molecule has 0 heterocycles. The third-order valence-electron chi connectivity index (χ3n) is 13.3. The number of hydrogen-bond donors (Lipinski definition) is 3. The third kappa shape index (κ3) is 49.9. The van der Waals surface area contributed by atoms with Gasteiger partial charge in [-0.25, -0.2) is 0 Å². The van der Waals surface area contributed by atoms with Gasteiger partial charge >= 0.3 is 5.97 Å². The number of carbonyl (C=O) groups excluding carboxylic acids is 2. The molecule has 6 heteroatoms. The van der Waals surface area contributed by atoms with Gasteiger partial charge in [-0.05, 0) is 51.4 Å². The number of rotatable bonds is 53. The second-order valence-electron chi connectivity index (χ2n) is 19.6. The van der Waals surface area contributed by atoms with Crippen LogP contribution in [0, 0.1) is 0 Å². The van der Waals surface area contributed by atoms with Crippen molar-refractivity contribution in [2.24, 2.45) is 0 Å². The lowest BCUT2D eigenvalue weighted by Gasteiger charge is -2.22. The number of amides is 1. The zero-order chi connectivity index (χ0) is 45.8. The molecule has 374 valence electrons. The average molecular weight is 891 g/mol. The van der Waals surface area contributed by atoms with Crippen LogP contribution in [0.25, 0.3) is 0 Å². The molecular weight excluding hydrogens is 779 g/mol. The lowest BCUT2D eigenvalue weighted by molar-refractivity contribution is -0.143. The summed E-state index contributed by atoms with van der Waals surface area (Å²) in [7, 11) is 0. The second kappa shape index (κ2) is 53.2. The molecule has 0 aromatic heterocycles. The molecular formula is C57H111NO5. The minimum atomic E-state index is -0.681. The number of allylic oxidation sites excluding steroid dienone is 2. The summed E-state index contributed by atoms with van der Waals surface area (Å²) in [5, 5.41) is 23.3. The number of unbranched alkanes of at least 4 members (excludes halogenated alkanes) is 40. The van der Waals surface area contributed by atoms with Crippen LogP contribution in [-0.2, 0) is 14.3 Å². The van der Waals surface area contributed by atoms with E-state index in [0.29, 0.717) is 25.9 Å². The van der Waals surface area contributed by atoms with Gasteiger partial charge in [0, 0.05) is 12.8 Å². The number of aliphatic hydroxyl groups is 2. The van der Waals surface area contributed by atoms with Crippen molar-refractivity contribution in [2.45, 2.75) is 328 Å². The molecule has 0 aromatic carbocycles. The van der Waals surface area contributed by atoms with Gasteiger partial charge in [0.25, 0.3) is 0 Å². The number of ether oxygens (including phenoxy) is 1. The highest BCUT2D eigenvalue weighted by Crippen LogP contribution is 2.17. The number of hydrogen-bond acceptors (Lipinski definition) is 5. The summed E-state index contributed by atoms with van der Waals surface area (Å²) in [5.74, 6) is -0.0840. The first-order chi connectivity index (χ1) is 31.0. The maximum absolute atomic E-state index is 12.5. The standard InChI is InChI=1S/C57H111NO5/c1-3-5-7-9-11-13-15-17-19-21-23-25-27-29-31-35-39-43-47-51-57(62)63-52-48-44-40-36-32-34-38-42-46-50-56(61)58-54(53-59)55(60)49-45-41-37-33-30-28-26-24-22-20-18-16-14-12-10-8-6-4-2/h17,19,54-55,59-60H,3-16,18,20-53H2,1-2H3,(H,58,61)/b19-17-. The van der Waals surface area contributed by atoms with Gasteiger partial charge < -0.3 is 20.3 Å². The molecule has 2 unspecified atom stereocenters. The van der Waals surface area contributed by atoms with E-state index >= 15 is 0 Å². The van der Waals surface area contributed by atoms with Crippen LogP contribution < -0.4 is 5.32 Å². The Labute approximate surface area is 393 Å². The maximum atomic E-state index is 12.5. The van der Waals surface area contributed by atoms with E-state index in [1.54, 1.807) is 0 Å². The van der Waals surface area contributed by atoms with E-state index in [1.807, 2.05) is 0 Å². The predicted molar refractivity (Wildman–Crippen MR) is 273 cm³/mol. The van der Waals surface area contributed by atoms with Gasteiger partial charge in [-0.2, -0.15) is 0 Å². The molecule has 0 aliphatic rings. The number of esters is 1. The summed E-state index contributed by atoms with van der Waals surface area (Å²) in [6.45, 7) is 4.91. The first kappa shape index (κ1) is 61.6. The fourth-order valence-electron chi connectivity index (χ4n) is 8.93. The summed E-state index contributed by atoms with van der Waals surface area (Å²) >= 11 is 0. The molecule has 0 aromatic rings. The van der Waals surface area contributed by atoms with Crippen LogP contribution in [0.2, 0.25) is 0 Å². The van der Waals surface area contributed by atoms with Crippen molar-refractivity contribution in [1.29, 1.82) is 0 Å². The zero-order valence-corrected chi connectivity index (χ0v) is 42.6. The maximum Gasteiger partial charge on any atom is 0.305 e. The van der Waals surface area contributed by atoms with E-state index in [1.165, 1.54) is 225 Å². The second-order valence-corrected chi connectivity index (χ2v) is 19.6. The highest BCUT2D eigenvalue weighted by Gasteiger charge is 2.20. The van der Waals surface area contributed by atoms with Crippen molar-refractivity contribution in [3.8, 4) is 0 Å². The van der Waals surface area contributed by atoms with Crippen molar-refractivity contribution in [3.05, 3.63) is 12.2 Å². The molecule has 0 saturated carbocycles. The summed E-state index contributed by atoms with van der Waals surface area (Å²) in [4.78, 5) is 24.6. The van der Waals surface area contributed by atoms with E-state index in [0.717, 1.165) is 57.8 Å². The van der Waals surface area contributed by atoms with Crippen molar-refractivity contribution in [2.75, 3.05) is 13.2 Å². The smallest absolute Gasteiger partial charge is 0.305 e. The predicted octanol–water partition coefficient (Wildman–Crippen LogP) is 17.3. The molecule has 0 spiro atoms. The van der Waals surface area contributed by atoms with Crippen molar-refractivity contribution in [1.82, 2.24) is 5.32 Å². The fourth-order valence-corrected chi connectivity index (χ4v) is 8.93. The Morgan fingerprint density at radius 1 is 0.429 bits per heavy atom. The molecule has 0 aliphatic carbocycles. The summed E-state index contributed by atoms with van der Waals surface area (Å²) in [6.07, 6.45) is 61.9. The third-order valence-corrected chi connectivity index (χ3v) is 13.3. The SMILES string of the molecule is CCCCCCCC/C=C\CCCCCCCCCCCC(=O)OCCCCCCCCCCCC(=O)NC(CO)C(O)CCCCCCCCCCCCCCCCCCCC. The first-order valence-electron chi connectivity index (χ1n) is 28.4. The molecule has 1 amide bonds. The highest BCUT2D eigenvalue weighted by molar-refractivity contribution is 5.76. The molecule has 0 fully saturated rings. The Hall–Kier alpha value is -1.40. The molecule has 6 nitrogen and oxygen atoms in total. The Morgan fingerprint density at radius 2 is 0.746 bits per heavy atom. The molecule has 0 radical (unpaired) electrons. The van der Waals surface area contributed by atoms with Crippen molar-refractivity contribution in [3.63, 3.8) is 0 Å². The number of aliphatic hydroxyl groups excluding tert-OH is 2. The van der Waals surface area contributed by atoms with Crippen LogP contribution in [0.5, 0.6) is 0 Å². The van der Waals surface area contributed by atoms with Crippen LogP contribution in [0.1, 0.15) is 316 Å². The summed E-state index contributed by atoms with van der Waals surface area (Å²) < 4.78 is 5.47. The minimum Gasteiger partial charge on any atom is -0.466 e. The largest absolute Gasteiger partial charge is 0.466 e. The Balaban J connectivity index is 3.46. The van der Waals surface area contributed by atoms with Gasteiger partial charge in [-0.15, -0.1) is 0 Å². The van der Waals surface area contributed by atoms with Gasteiger partial charge in [-0.3, -0.25) is 9.59 Å². The quantitative estimate of drug-likeness (QED) is 0.0321. The molecule has 3 N–H and O–H groups in total. The average Bonchev–Trinajstić information content (AvgIpc) is 3.28. The normalized spacial score (nSPS) is 12.6. The van der Waals surface area contributed by atoms with Crippen molar-refractivity contribution < 1.29 is 24.5 Å². The molecule has 0 bridgehead atoms. The van der Waals surface area contributed by atoms with Gasteiger partial charge in [-0.1, -0.05) is 264 Å². The van der Waals surface area contributed by atoms with Gasteiger partial charge in [0.1, 0.15) is 0 Å². The van der Waals surface area contributed by atoms with E-state index in [4.69, 9.17) is 4.74 Å². The molecule has 0 rings (SSSR count). The molecule has 0 aliphatic heterocycles. The number of carbonyl (C=O) groups is 2. The van der Waals surface area contributed by atoms with Crippen LogP contribution in [0.15, 0.2) is 12.2 Å².